The van der Waals surface area contributed by atoms with Gasteiger partial charge in [-0.3, -0.25) is 10.1 Å². The molecule has 0 saturated carbocycles. The van der Waals surface area contributed by atoms with Crippen LogP contribution in [0.3, 0.4) is 0 Å². The molecule has 0 bridgehead atoms. The van der Waals surface area contributed by atoms with E-state index in [1.165, 1.54) is 0 Å². The molecule has 0 aliphatic carbocycles. The molecule has 1 aliphatic rings. The van der Waals surface area contributed by atoms with Crippen molar-refractivity contribution in [2.45, 2.75) is 26.1 Å². The Labute approximate surface area is 128 Å². The van der Waals surface area contributed by atoms with Gasteiger partial charge in [0.1, 0.15) is 6.17 Å². The zero-order chi connectivity index (χ0) is 15.4. The number of hydrogen-bond acceptors (Lipinski definition) is 5. The van der Waals surface area contributed by atoms with Gasteiger partial charge in [-0.1, -0.05) is 29.8 Å². The molecule has 0 aromatic heterocycles. The number of ether oxygens (including phenoxy) is 1. The van der Waals surface area contributed by atoms with Crippen LogP contribution in [0.15, 0.2) is 35.5 Å². The number of hydrogen-bond donors (Lipinski definition) is 2. The lowest BCUT2D eigenvalue weighted by atomic mass is 9.94. The topological polar surface area (TPSA) is 67.4 Å². The van der Waals surface area contributed by atoms with Gasteiger partial charge in [0.05, 0.1) is 18.2 Å². The molecule has 0 fully saturated rings. The predicted molar refractivity (Wildman–Crippen MR) is 79.6 cm³/mol. The number of benzene rings is 1. The highest BCUT2D eigenvalue weighted by Crippen LogP contribution is 2.32. The largest absolute Gasteiger partial charge is 0.463 e. The van der Waals surface area contributed by atoms with Crippen LogP contribution in [0.4, 0.5) is 0 Å². The van der Waals surface area contributed by atoms with E-state index in [9.17, 15) is 9.59 Å². The molecule has 0 saturated heterocycles. The number of carbonyl (C=O) groups is 2. The summed E-state index contributed by atoms with van der Waals surface area (Å²) in [5.74, 6) is -0.427. The minimum absolute atomic E-state index is 0.280. The molecule has 1 aromatic carbocycles. The fraction of sp³-hybridized carbons (Fsp3) is 0.333. The molecule has 6 heteroatoms. The van der Waals surface area contributed by atoms with E-state index >= 15 is 0 Å². The highest BCUT2D eigenvalue weighted by molar-refractivity contribution is 6.31. The van der Waals surface area contributed by atoms with Crippen LogP contribution in [0.5, 0.6) is 0 Å². The van der Waals surface area contributed by atoms with E-state index in [2.05, 4.69) is 10.6 Å². The van der Waals surface area contributed by atoms with Gasteiger partial charge in [-0.2, -0.15) is 0 Å². The maximum atomic E-state index is 12.2. The molecule has 5 nitrogen and oxygen atoms in total. The van der Waals surface area contributed by atoms with Crippen LogP contribution in [-0.2, 0) is 14.3 Å². The van der Waals surface area contributed by atoms with Gasteiger partial charge < -0.3 is 10.1 Å². The van der Waals surface area contributed by atoms with Crippen LogP contribution < -0.4 is 10.6 Å². The first-order valence-electron chi connectivity index (χ1n) is 6.68. The Hall–Kier alpha value is -1.85. The fourth-order valence-electron chi connectivity index (χ4n) is 2.34. The third-order valence-electron chi connectivity index (χ3n) is 3.26. The molecule has 2 rings (SSSR count). The van der Waals surface area contributed by atoms with Gasteiger partial charge in [0, 0.05) is 10.7 Å². The SMILES string of the molecule is CCOC(=O)C1=C(C)NC(C=O)NC1c1ccccc1Cl. The summed E-state index contributed by atoms with van der Waals surface area (Å²) in [6.07, 6.45) is 0.166. The summed E-state index contributed by atoms with van der Waals surface area (Å²) in [6.45, 7) is 3.77. The monoisotopic (exact) mass is 308 g/mol. The van der Waals surface area contributed by atoms with Crippen LogP contribution in [0.1, 0.15) is 25.5 Å². The lowest BCUT2D eigenvalue weighted by Gasteiger charge is -2.32. The standard InChI is InChI=1S/C15H17ClN2O3/c1-3-21-15(20)13-9(2)17-12(8-19)18-14(13)10-6-4-5-7-11(10)16/h4-8,12,14,17-18H,3H2,1-2H3. The van der Waals surface area contributed by atoms with Crippen LogP contribution >= 0.6 is 11.6 Å². The Morgan fingerprint density at radius 1 is 1.43 bits per heavy atom. The molecule has 2 N–H and O–H groups in total. The van der Waals surface area contributed by atoms with Crippen LogP contribution in [0.2, 0.25) is 5.02 Å². The summed E-state index contributed by atoms with van der Waals surface area (Å²) < 4.78 is 5.10. The summed E-state index contributed by atoms with van der Waals surface area (Å²) in [5.41, 5.74) is 1.77. The number of halogens is 1. The Morgan fingerprint density at radius 2 is 2.14 bits per heavy atom. The average molecular weight is 309 g/mol. The van der Waals surface area contributed by atoms with Gasteiger partial charge >= 0.3 is 5.97 Å². The van der Waals surface area contributed by atoms with Crippen molar-refractivity contribution < 1.29 is 14.3 Å². The third kappa shape index (κ3) is 3.25. The second-order valence-electron chi connectivity index (χ2n) is 4.64. The molecule has 0 amide bonds. The Bertz CT molecular complexity index is 586. The minimum atomic E-state index is -0.579. The van der Waals surface area contributed by atoms with Gasteiger partial charge in [0.15, 0.2) is 6.29 Å². The minimum Gasteiger partial charge on any atom is -0.463 e. The Kier molecular flexibility index (Phi) is 4.98. The Balaban J connectivity index is 2.48. The van der Waals surface area contributed by atoms with Crippen LogP contribution in [-0.4, -0.2) is 25.0 Å². The van der Waals surface area contributed by atoms with E-state index < -0.39 is 18.2 Å². The molecule has 1 aliphatic heterocycles. The van der Waals surface area contributed by atoms with Crippen molar-refractivity contribution in [3.8, 4) is 0 Å². The molecule has 1 aromatic rings. The fourth-order valence-corrected chi connectivity index (χ4v) is 2.58. The zero-order valence-corrected chi connectivity index (χ0v) is 12.6. The van der Waals surface area contributed by atoms with Crippen molar-refractivity contribution in [1.29, 1.82) is 0 Å². The summed E-state index contributed by atoms with van der Waals surface area (Å²) in [5, 5.41) is 6.51. The first-order chi connectivity index (χ1) is 10.1. The molecule has 21 heavy (non-hydrogen) atoms. The van der Waals surface area contributed by atoms with Crippen molar-refractivity contribution in [2.24, 2.45) is 0 Å². The van der Waals surface area contributed by atoms with E-state index in [0.29, 0.717) is 16.3 Å². The molecular weight excluding hydrogens is 292 g/mol. The van der Waals surface area contributed by atoms with E-state index in [1.54, 1.807) is 19.9 Å². The van der Waals surface area contributed by atoms with Crippen LogP contribution in [0.25, 0.3) is 0 Å². The lowest BCUT2D eigenvalue weighted by Crippen LogP contribution is -2.50. The molecule has 0 spiro atoms. The Morgan fingerprint density at radius 3 is 2.76 bits per heavy atom. The summed E-state index contributed by atoms with van der Waals surface area (Å²) in [4.78, 5) is 23.3. The molecule has 112 valence electrons. The third-order valence-corrected chi connectivity index (χ3v) is 3.60. The highest BCUT2D eigenvalue weighted by Gasteiger charge is 2.33. The first-order valence-corrected chi connectivity index (χ1v) is 7.06. The molecular formula is C15H17ClN2O3. The molecule has 0 radical (unpaired) electrons. The van der Waals surface area contributed by atoms with E-state index in [4.69, 9.17) is 16.3 Å². The molecule has 1 heterocycles. The number of esters is 1. The van der Waals surface area contributed by atoms with Gasteiger partial charge in [0.25, 0.3) is 0 Å². The number of rotatable bonds is 4. The predicted octanol–water partition coefficient (Wildman–Crippen LogP) is 1.94. The number of nitrogens with one attached hydrogen (secondary N) is 2. The molecule has 2 atom stereocenters. The summed E-state index contributed by atoms with van der Waals surface area (Å²) in [7, 11) is 0. The lowest BCUT2D eigenvalue weighted by molar-refractivity contribution is -0.139. The van der Waals surface area contributed by atoms with Crippen LogP contribution in [0, 0.1) is 0 Å². The smallest absolute Gasteiger partial charge is 0.337 e. The van der Waals surface area contributed by atoms with Gasteiger partial charge in [-0.15, -0.1) is 0 Å². The van der Waals surface area contributed by atoms with E-state index in [-0.39, 0.29) is 6.61 Å². The second kappa shape index (κ2) is 6.74. The van der Waals surface area contributed by atoms with Crippen molar-refractivity contribution in [1.82, 2.24) is 10.6 Å². The summed E-state index contributed by atoms with van der Waals surface area (Å²) in [6, 6.07) is 6.71. The number of aldehydes is 1. The number of allylic oxidation sites excluding steroid dienone is 1. The van der Waals surface area contributed by atoms with Crippen molar-refractivity contribution in [2.75, 3.05) is 6.61 Å². The second-order valence-corrected chi connectivity index (χ2v) is 5.05. The van der Waals surface area contributed by atoms with Gasteiger partial charge in [0.2, 0.25) is 0 Å². The number of carbonyl (C=O) groups excluding carboxylic acids is 2. The maximum absolute atomic E-state index is 12.2. The van der Waals surface area contributed by atoms with E-state index in [1.807, 2.05) is 18.2 Å². The van der Waals surface area contributed by atoms with Crippen molar-refractivity contribution in [3.05, 3.63) is 46.1 Å². The van der Waals surface area contributed by atoms with Crippen molar-refractivity contribution in [3.63, 3.8) is 0 Å². The first kappa shape index (κ1) is 15.5. The van der Waals surface area contributed by atoms with E-state index in [0.717, 1.165) is 11.8 Å². The highest BCUT2D eigenvalue weighted by atomic mass is 35.5. The quantitative estimate of drug-likeness (QED) is 0.657. The van der Waals surface area contributed by atoms with Gasteiger partial charge in [-0.25, -0.2) is 4.79 Å². The maximum Gasteiger partial charge on any atom is 0.337 e. The summed E-state index contributed by atoms with van der Waals surface area (Å²) >= 11 is 6.22. The van der Waals surface area contributed by atoms with Gasteiger partial charge in [-0.05, 0) is 25.5 Å². The molecule has 2 unspecified atom stereocenters. The normalized spacial score (nSPS) is 21.7. The zero-order valence-electron chi connectivity index (χ0n) is 11.9. The van der Waals surface area contributed by atoms with Crippen molar-refractivity contribution >= 4 is 23.9 Å². The average Bonchev–Trinajstić information content (AvgIpc) is 2.47.